The SMILES string of the molecule is CCN(C)C[C@@H](C)CC(C)=N. The molecule has 2 nitrogen and oxygen atoms in total. The molecule has 11 heavy (non-hydrogen) atoms. The molecule has 0 heterocycles. The summed E-state index contributed by atoms with van der Waals surface area (Å²) in [5.41, 5.74) is 0.794. The molecular formula is C9H20N2. The second kappa shape index (κ2) is 5.30. The molecular weight excluding hydrogens is 136 g/mol. The summed E-state index contributed by atoms with van der Waals surface area (Å²) in [5, 5.41) is 7.31. The van der Waals surface area contributed by atoms with Crippen LogP contribution in [0.4, 0.5) is 0 Å². The molecule has 66 valence electrons. The summed E-state index contributed by atoms with van der Waals surface area (Å²) < 4.78 is 0. The van der Waals surface area contributed by atoms with Crippen LogP contribution in [0, 0.1) is 11.3 Å². The van der Waals surface area contributed by atoms with Gasteiger partial charge in [0, 0.05) is 12.3 Å². The fourth-order valence-corrected chi connectivity index (χ4v) is 1.25. The largest absolute Gasteiger partial charge is 0.310 e. The van der Waals surface area contributed by atoms with Gasteiger partial charge in [0.1, 0.15) is 0 Å². The standard InChI is InChI=1S/C9H20N2/c1-5-11(4)7-8(2)6-9(3)10/h8,10H,5-7H2,1-4H3/t8-/m0/s1. The predicted octanol–water partition coefficient (Wildman–Crippen LogP) is 2.00. The third kappa shape index (κ3) is 6.05. The Bertz CT molecular complexity index is 121. The van der Waals surface area contributed by atoms with E-state index in [9.17, 15) is 0 Å². The lowest BCUT2D eigenvalue weighted by Gasteiger charge is -2.18. The van der Waals surface area contributed by atoms with Crippen molar-refractivity contribution < 1.29 is 0 Å². The Hall–Kier alpha value is -0.370. The average molecular weight is 156 g/mol. The van der Waals surface area contributed by atoms with Crippen molar-refractivity contribution in [1.29, 1.82) is 5.41 Å². The normalized spacial score (nSPS) is 13.5. The van der Waals surface area contributed by atoms with Crippen LogP contribution in [-0.2, 0) is 0 Å². The van der Waals surface area contributed by atoms with Gasteiger partial charge < -0.3 is 10.3 Å². The summed E-state index contributed by atoms with van der Waals surface area (Å²) in [6.45, 7) is 8.44. The van der Waals surface area contributed by atoms with Gasteiger partial charge in [-0.05, 0) is 32.9 Å². The minimum Gasteiger partial charge on any atom is -0.310 e. The first-order valence-electron chi connectivity index (χ1n) is 4.28. The van der Waals surface area contributed by atoms with Gasteiger partial charge in [0.25, 0.3) is 0 Å². The van der Waals surface area contributed by atoms with Crippen LogP contribution in [0.5, 0.6) is 0 Å². The first kappa shape index (κ1) is 10.6. The number of rotatable bonds is 5. The molecule has 0 aromatic heterocycles. The highest BCUT2D eigenvalue weighted by Gasteiger charge is 2.04. The number of hydrogen-bond acceptors (Lipinski definition) is 2. The van der Waals surface area contributed by atoms with Gasteiger partial charge in [-0.15, -0.1) is 0 Å². The fourth-order valence-electron chi connectivity index (χ4n) is 1.25. The van der Waals surface area contributed by atoms with Crippen LogP contribution in [0.3, 0.4) is 0 Å². The minimum atomic E-state index is 0.623. The van der Waals surface area contributed by atoms with Crippen molar-refractivity contribution in [2.75, 3.05) is 20.1 Å². The molecule has 0 saturated heterocycles. The molecule has 0 aromatic rings. The Kier molecular flexibility index (Phi) is 5.12. The second-order valence-electron chi connectivity index (χ2n) is 3.44. The lowest BCUT2D eigenvalue weighted by molar-refractivity contribution is 0.303. The zero-order valence-corrected chi connectivity index (χ0v) is 8.15. The average Bonchev–Trinajstić information content (AvgIpc) is 1.85. The van der Waals surface area contributed by atoms with Gasteiger partial charge in [-0.2, -0.15) is 0 Å². The van der Waals surface area contributed by atoms with Crippen LogP contribution >= 0.6 is 0 Å². The van der Waals surface area contributed by atoms with Gasteiger partial charge in [-0.1, -0.05) is 13.8 Å². The molecule has 1 N–H and O–H groups in total. The molecule has 0 aliphatic heterocycles. The Morgan fingerprint density at radius 3 is 2.45 bits per heavy atom. The lowest BCUT2D eigenvalue weighted by Crippen LogP contribution is -2.24. The van der Waals surface area contributed by atoms with E-state index in [0.29, 0.717) is 5.92 Å². The van der Waals surface area contributed by atoms with Crippen LogP contribution in [0.1, 0.15) is 27.2 Å². The molecule has 0 spiro atoms. The summed E-state index contributed by atoms with van der Waals surface area (Å²) in [6, 6.07) is 0. The van der Waals surface area contributed by atoms with E-state index >= 15 is 0 Å². The van der Waals surface area contributed by atoms with Gasteiger partial charge >= 0.3 is 0 Å². The molecule has 0 unspecified atom stereocenters. The Morgan fingerprint density at radius 2 is 2.09 bits per heavy atom. The van der Waals surface area contributed by atoms with Crippen LogP contribution < -0.4 is 0 Å². The monoisotopic (exact) mass is 156 g/mol. The lowest BCUT2D eigenvalue weighted by atomic mass is 10.0. The molecule has 0 bridgehead atoms. The minimum absolute atomic E-state index is 0.623. The van der Waals surface area contributed by atoms with E-state index in [1.807, 2.05) is 6.92 Å². The Balaban J connectivity index is 3.51. The van der Waals surface area contributed by atoms with Crippen LogP contribution in [0.15, 0.2) is 0 Å². The first-order valence-corrected chi connectivity index (χ1v) is 4.28. The van der Waals surface area contributed by atoms with E-state index < -0.39 is 0 Å². The van der Waals surface area contributed by atoms with Crippen LogP contribution in [0.2, 0.25) is 0 Å². The van der Waals surface area contributed by atoms with Crippen molar-refractivity contribution >= 4 is 5.71 Å². The zero-order valence-electron chi connectivity index (χ0n) is 8.15. The highest BCUT2D eigenvalue weighted by atomic mass is 15.1. The molecule has 2 heteroatoms. The van der Waals surface area contributed by atoms with Gasteiger partial charge in [-0.3, -0.25) is 0 Å². The topological polar surface area (TPSA) is 27.1 Å². The van der Waals surface area contributed by atoms with Crippen LogP contribution in [-0.4, -0.2) is 30.7 Å². The maximum Gasteiger partial charge on any atom is 0.00613 e. The quantitative estimate of drug-likeness (QED) is 0.606. The molecule has 0 fully saturated rings. The molecule has 0 aliphatic carbocycles. The number of hydrogen-bond donors (Lipinski definition) is 1. The molecule has 0 saturated carbocycles. The molecule has 0 amide bonds. The summed E-state index contributed by atoms with van der Waals surface area (Å²) in [7, 11) is 2.12. The highest BCUT2D eigenvalue weighted by Crippen LogP contribution is 2.03. The maximum absolute atomic E-state index is 7.31. The summed E-state index contributed by atoms with van der Waals surface area (Å²) >= 11 is 0. The van der Waals surface area contributed by atoms with Crippen molar-refractivity contribution in [1.82, 2.24) is 4.90 Å². The van der Waals surface area contributed by atoms with E-state index in [2.05, 4.69) is 25.8 Å². The summed E-state index contributed by atoms with van der Waals surface area (Å²) in [6.07, 6.45) is 0.935. The summed E-state index contributed by atoms with van der Waals surface area (Å²) in [4.78, 5) is 2.29. The van der Waals surface area contributed by atoms with Gasteiger partial charge in [-0.25, -0.2) is 0 Å². The second-order valence-corrected chi connectivity index (χ2v) is 3.44. The van der Waals surface area contributed by atoms with Crippen LogP contribution in [0.25, 0.3) is 0 Å². The van der Waals surface area contributed by atoms with E-state index in [4.69, 9.17) is 5.41 Å². The predicted molar refractivity (Wildman–Crippen MR) is 50.4 cm³/mol. The molecule has 1 atom stereocenters. The molecule has 0 aliphatic rings. The van der Waals surface area contributed by atoms with Crippen molar-refractivity contribution in [3.05, 3.63) is 0 Å². The molecule has 0 aromatic carbocycles. The van der Waals surface area contributed by atoms with Gasteiger partial charge in [0.15, 0.2) is 0 Å². The first-order chi connectivity index (χ1) is 5.06. The fraction of sp³-hybridized carbons (Fsp3) is 0.889. The number of nitrogens with one attached hydrogen (secondary N) is 1. The Labute approximate surface area is 70.1 Å². The third-order valence-electron chi connectivity index (χ3n) is 1.82. The Morgan fingerprint density at radius 1 is 1.55 bits per heavy atom. The molecule has 0 radical (unpaired) electrons. The van der Waals surface area contributed by atoms with E-state index in [1.54, 1.807) is 0 Å². The van der Waals surface area contributed by atoms with Gasteiger partial charge in [0.05, 0.1) is 0 Å². The van der Waals surface area contributed by atoms with E-state index in [1.165, 1.54) is 0 Å². The summed E-state index contributed by atoms with van der Waals surface area (Å²) in [5.74, 6) is 0.623. The van der Waals surface area contributed by atoms with E-state index in [0.717, 1.165) is 25.2 Å². The molecule has 0 rings (SSSR count). The zero-order chi connectivity index (χ0) is 8.85. The third-order valence-corrected chi connectivity index (χ3v) is 1.82. The number of nitrogens with zero attached hydrogens (tertiary/aromatic N) is 1. The van der Waals surface area contributed by atoms with Crippen molar-refractivity contribution in [2.24, 2.45) is 5.92 Å². The smallest absolute Gasteiger partial charge is 0.00613 e. The van der Waals surface area contributed by atoms with E-state index in [-0.39, 0.29) is 0 Å². The maximum atomic E-state index is 7.31. The highest BCUT2D eigenvalue weighted by molar-refractivity contribution is 5.78. The van der Waals surface area contributed by atoms with Gasteiger partial charge in [0.2, 0.25) is 0 Å². The van der Waals surface area contributed by atoms with Crippen molar-refractivity contribution in [3.8, 4) is 0 Å². The van der Waals surface area contributed by atoms with Crippen molar-refractivity contribution in [3.63, 3.8) is 0 Å². The van der Waals surface area contributed by atoms with Crippen molar-refractivity contribution in [2.45, 2.75) is 27.2 Å².